The van der Waals surface area contributed by atoms with Crippen molar-refractivity contribution in [3.63, 3.8) is 0 Å². The molecule has 2 aromatic carbocycles. The number of fused-ring (bicyclic) bond motifs is 1. The molecule has 1 N–H and O–H groups in total. The molecule has 0 saturated carbocycles. The number of piperazine rings is 1. The lowest BCUT2D eigenvalue weighted by molar-refractivity contribution is -0.143. The van der Waals surface area contributed by atoms with Crippen LogP contribution in [0.15, 0.2) is 53.7 Å². The second-order valence-corrected chi connectivity index (χ2v) is 11.4. The van der Waals surface area contributed by atoms with Crippen LogP contribution in [0.1, 0.15) is 34.1 Å². The summed E-state index contributed by atoms with van der Waals surface area (Å²) < 4.78 is 86.7. The summed E-state index contributed by atoms with van der Waals surface area (Å²) in [5.74, 6) is -0.885. The van der Waals surface area contributed by atoms with Crippen molar-refractivity contribution in [3.8, 4) is 0 Å². The van der Waals surface area contributed by atoms with E-state index in [0.717, 1.165) is 36.2 Å². The number of carbonyl (C=O) groups excluding carboxylic acids is 1. The number of aromatic nitrogens is 1. The zero-order chi connectivity index (χ0) is 32.2. The Hall–Kier alpha value is -3.62. The predicted molar refractivity (Wildman–Crippen MR) is 156 cm³/mol. The zero-order valence-corrected chi connectivity index (χ0v) is 24.8. The summed E-state index contributed by atoms with van der Waals surface area (Å²) in [6.07, 6.45) is -9.80. The van der Waals surface area contributed by atoms with Gasteiger partial charge in [-0.2, -0.15) is 26.3 Å². The van der Waals surface area contributed by atoms with E-state index < -0.39 is 41.0 Å². The summed E-state index contributed by atoms with van der Waals surface area (Å²) in [4.78, 5) is 28.1. The third-order valence-corrected chi connectivity index (χ3v) is 7.98. The number of aromatic amines is 1. The second kappa shape index (κ2) is 13.8. The van der Waals surface area contributed by atoms with E-state index in [9.17, 15) is 31.1 Å². The summed E-state index contributed by atoms with van der Waals surface area (Å²) in [7, 11) is 0. The van der Waals surface area contributed by atoms with Crippen molar-refractivity contribution in [2.75, 3.05) is 65.6 Å². The lowest BCUT2D eigenvalue weighted by Gasteiger charge is -2.41. The van der Waals surface area contributed by atoms with Crippen LogP contribution in [-0.2, 0) is 28.3 Å². The molecule has 0 aliphatic carbocycles. The van der Waals surface area contributed by atoms with Gasteiger partial charge in [-0.1, -0.05) is 23.4 Å². The van der Waals surface area contributed by atoms with Gasteiger partial charge < -0.3 is 19.5 Å². The molecular formula is C31H35F6N5O3. The van der Waals surface area contributed by atoms with E-state index in [1.807, 2.05) is 37.3 Å². The van der Waals surface area contributed by atoms with Gasteiger partial charge in [0, 0.05) is 69.0 Å². The number of morpholine rings is 1. The number of benzene rings is 2. The number of rotatable bonds is 9. The van der Waals surface area contributed by atoms with Crippen LogP contribution in [-0.4, -0.2) is 103 Å². The summed E-state index contributed by atoms with van der Waals surface area (Å²) in [6, 6.07) is 9.98. The number of H-pyrrole nitrogens is 1. The highest BCUT2D eigenvalue weighted by Gasteiger charge is 2.39. The van der Waals surface area contributed by atoms with Gasteiger partial charge in [-0.05, 0) is 42.6 Å². The second-order valence-electron chi connectivity index (χ2n) is 11.4. The molecule has 14 heteroatoms. The predicted octanol–water partition coefficient (Wildman–Crippen LogP) is 5.30. The van der Waals surface area contributed by atoms with Crippen molar-refractivity contribution >= 4 is 22.5 Å². The summed E-state index contributed by atoms with van der Waals surface area (Å²) >= 11 is 0. The minimum absolute atomic E-state index is 0.0296. The molecule has 3 aromatic rings. The molecule has 244 valence electrons. The number of amides is 1. The quantitative estimate of drug-likeness (QED) is 0.149. The van der Waals surface area contributed by atoms with Crippen molar-refractivity contribution in [2.45, 2.75) is 31.7 Å². The van der Waals surface area contributed by atoms with E-state index in [0.29, 0.717) is 63.7 Å². The first-order chi connectivity index (χ1) is 21.4. The number of nitrogens with one attached hydrogen (secondary N) is 1. The number of ether oxygens (including phenoxy) is 1. The first-order valence-electron chi connectivity index (χ1n) is 14.7. The first-order valence-corrected chi connectivity index (χ1v) is 14.7. The molecule has 1 amide bonds. The summed E-state index contributed by atoms with van der Waals surface area (Å²) in [5, 5.41) is 5.17. The normalized spacial score (nSPS) is 19.3. The fraction of sp³-hybridized carbons (Fsp3) is 0.484. The Kier molecular flexibility index (Phi) is 10.0. The Bertz CT molecular complexity index is 1430. The molecule has 2 saturated heterocycles. The van der Waals surface area contributed by atoms with E-state index in [1.54, 1.807) is 0 Å². The maximum absolute atomic E-state index is 13.7. The molecule has 5 rings (SSSR count). The van der Waals surface area contributed by atoms with Gasteiger partial charge in [-0.3, -0.25) is 14.6 Å². The van der Waals surface area contributed by atoms with Gasteiger partial charge in [0.2, 0.25) is 0 Å². The van der Waals surface area contributed by atoms with Crippen LogP contribution in [0.5, 0.6) is 0 Å². The SMILES string of the molecule is CC(CN1CCN(C(=O)c2cc(C(F)(F)F)cc(C(F)(F)F)c2)C(Cc2cc3ccccc3[nH]2)C1)=NOCCN1CCOCC1. The highest BCUT2D eigenvalue weighted by atomic mass is 19.4. The van der Waals surface area contributed by atoms with Crippen LogP contribution in [0.4, 0.5) is 26.3 Å². The topological polar surface area (TPSA) is 73.4 Å². The third kappa shape index (κ3) is 8.56. The van der Waals surface area contributed by atoms with Gasteiger partial charge in [0.1, 0.15) is 6.61 Å². The minimum atomic E-state index is -5.06. The molecule has 0 bridgehead atoms. The minimum Gasteiger partial charge on any atom is -0.394 e. The average molecular weight is 640 g/mol. The molecule has 1 aromatic heterocycles. The summed E-state index contributed by atoms with van der Waals surface area (Å²) in [6.45, 7) is 7.21. The first kappa shape index (κ1) is 32.8. The van der Waals surface area contributed by atoms with E-state index in [1.165, 1.54) is 4.90 Å². The maximum Gasteiger partial charge on any atom is 0.416 e. The fourth-order valence-electron chi connectivity index (χ4n) is 5.75. The largest absolute Gasteiger partial charge is 0.416 e. The number of oxime groups is 1. The molecule has 3 heterocycles. The van der Waals surface area contributed by atoms with E-state index in [2.05, 4.69) is 19.9 Å². The standard InChI is InChI=1S/C31H35F6N5O3/c1-21(39-45-13-10-40-8-11-44-12-9-40)19-41-6-7-42(27(20-41)18-26-16-22-4-2-3-5-28(22)38-26)29(43)23-14-24(30(32,33)34)17-25(15-23)31(35,36)37/h2-5,14-17,27,38H,6-13,18-20H2,1H3. The molecule has 1 atom stereocenters. The Morgan fingerprint density at radius 3 is 2.31 bits per heavy atom. The zero-order valence-electron chi connectivity index (χ0n) is 24.8. The summed E-state index contributed by atoms with van der Waals surface area (Å²) in [5.41, 5.74) is -1.33. The van der Waals surface area contributed by atoms with Crippen molar-refractivity contribution < 1.29 is 40.7 Å². The Balaban J connectivity index is 1.33. The highest BCUT2D eigenvalue weighted by molar-refractivity contribution is 5.95. The molecule has 0 spiro atoms. The molecule has 8 nitrogen and oxygen atoms in total. The smallest absolute Gasteiger partial charge is 0.394 e. The monoisotopic (exact) mass is 639 g/mol. The number of halogens is 6. The molecule has 45 heavy (non-hydrogen) atoms. The number of alkyl halides is 6. The van der Waals surface area contributed by atoms with Crippen LogP contribution < -0.4 is 0 Å². The Morgan fingerprint density at radius 1 is 0.956 bits per heavy atom. The number of hydrogen-bond acceptors (Lipinski definition) is 6. The highest BCUT2D eigenvalue weighted by Crippen LogP contribution is 2.37. The molecule has 0 radical (unpaired) electrons. The van der Waals surface area contributed by atoms with Gasteiger partial charge in [-0.25, -0.2) is 0 Å². The molecule has 2 fully saturated rings. The van der Waals surface area contributed by atoms with Gasteiger partial charge in [0.15, 0.2) is 0 Å². The van der Waals surface area contributed by atoms with Crippen LogP contribution in [0, 0.1) is 0 Å². The molecular weight excluding hydrogens is 604 g/mol. The van der Waals surface area contributed by atoms with Crippen LogP contribution in [0.25, 0.3) is 10.9 Å². The van der Waals surface area contributed by atoms with Gasteiger partial charge in [-0.15, -0.1) is 0 Å². The third-order valence-electron chi connectivity index (χ3n) is 7.98. The van der Waals surface area contributed by atoms with Gasteiger partial charge in [0.05, 0.1) is 36.1 Å². The number of para-hydroxylation sites is 1. The average Bonchev–Trinajstić information content (AvgIpc) is 3.41. The van der Waals surface area contributed by atoms with E-state index >= 15 is 0 Å². The number of carbonyl (C=O) groups is 1. The van der Waals surface area contributed by atoms with E-state index in [-0.39, 0.29) is 12.6 Å². The van der Waals surface area contributed by atoms with Crippen molar-refractivity contribution in [1.82, 2.24) is 19.7 Å². The molecule has 2 aliphatic rings. The molecule has 2 aliphatic heterocycles. The van der Waals surface area contributed by atoms with Crippen LogP contribution in [0.3, 0.4) is 0 Å². The van der Waals surface area contributed by atoms with Crippen molar-refractivity contribution in [2.24, 2.45) is 5.16 Å². The lowest BCUT2D eigenvalue weighted by Crippen LogP contribution is -2.56. The van der Waals surface area contributed by atoms with Gasteiger partial charge in [0.25, 0.3) is 5.91 Å². The van der Waals surface area contributed by atoms with Crippen molar-refractivity contribution in [3.05, 3.63) is 70.9 Å². The molecule has 1 unspecified atom stereocenters. The van der Waals surface area contributed by atoms with Crippen molar-refractivity contribution in [1.29, 1.82) is 0 Å². The Morgan fingerprint density at radius 2 is 1.64 bits per heavy atom. The van der Waals surface area contributed by atoms with Gasteiger partial charge >= 0.3 is 12.4 Å². The van der Waals surface area contributed by atoms with Crippen LogP contribution in [0.2, 0.25) is 0 Å². The Labute approximate surface area is 256 Å². The fourth-order valence-corrected chi connectivity index (χ4v) is 5.75. The maximum atomic E-state index is 13.7. The lowest BCUT2D eigenvalue weighted by atomic mass is 10.0. The number of nitrogens with zero attached hydrogens (tertiary/aromatic N) is 4. The number of hydrogen-bond donors (Lipinski definition) is 1. The van der Waals surface area contributed by atoms with E-state index in [4.69, 9.17) is 9.57 Å². The van der Waals surface area contributed by atoms with Crippen LogP contribution >= 0.6 is 0 Å².